The molecule has 0 radical (unpaired) electrons. The van der Waals surface area contributed by atoms with E-state index in [1.165, 1.54) is 19.4 Å². The molecule has 1 N–H and O–H groups in total. The first kappa shape index (κ1) is 23.3. The molecule has 7 heteroatoms. The summed E-state index contributed by atoms with van der Waals surface area (Å²) in [6, 6.07) is 21.2. The molecule has 3 aromatic rings. The molecule has 7 nitrogen and oxygen atoms in total. The number of carbonyl (C=O) groups is 2. The Labute approximate surface area is 192 Å². The number of esters is 1. The second-order valence-electron chi connectivity index (χ2n) is 6.74. The molecule has 0 fully saturated rings. The number of hydrogen-bond donors (Lipinski definition) is 1. The van der Waals surface area contributed by atoms with Gasteiger partial charge in [0, 0.05) is 11.6 Å². The lowest BCUT2D eigenvalue weighted by Crippen LogP contribution is -2.17. The van der Waals surface area contributed by atoms with Crippen molar-refractivity contribution in [2.75, 3.05) is 13.7 Å². The minimum atomic E-state index is -0.522. The van der Waals surface area contributed by atoms with E-state index in [-0.39, 0.29) is 11.7 Å². The second-order valence-corrected chi connectivity index (χ2v) is 6.74. The maximum absolute atomic E-state index is 12.2. The highest BCUT2D eigenvalue weighted by molar-refractivity contribution is 5.95. The van der Waals surface area contributed by atoms with Gasteiger partial charge in [0.2, 0.25) is 0 Å². The number of hydrazone groups is 1. The molecule has 0 spiro atoms. The summed E-state index contributed by atoms with van der Waals surface area (Å²) >= 11 is 0. The minimum Gasteiger partial charge on any atom is -0.497 e. The summed E-state index contributed by atoms with van der Waals surface area (Å²) in [6.45, 7) is 2.22. The Bertz CT molecular complexity index is 1160. The number of rotatable bonds is 9. The molecule has 0 aromatic heterocycles. The Morgan fingerprint density at radius 1 is 0.939 bits per heavy atom. The summed E-state index contributed by atoms with van der Waals surface area (Å²) in [7, 11) is 1.53. The third-order valence-corrected chi connectivity index (χ3v) is 4.40. The van der Waals surface area contributed by atoms with Gasteiger partial charge in [-0.2, -0.15) is 5.10 Å². The van der Waals surface area contributed by atoms with E-state index in [0.717, 1.165) is 5.56 Å². The number of carbonyl (C=O) groups excluding carboxylic acids is 2. The molecule has 0 aliphatic carbocycles. The van der Waals surface area contributed by atoms with Crippen molar-refractivity contribution in [2.45, 2.75) is 6.92 Å². The molecule has 3 aromatic carbocycles. The number of methoxy groups -OCH3 is 1. The van der Waals surface area contributed by atoms with Crippen LogP contribution < -0.4 is 19.6 Å². The van der Waals surface area contributed by atoms with Gasteiger partial charge in [-0.3, -0.25) is 4.79 Å². The van der Waals surface area contributed by atoms with Crippen LogP contribution in [0, 0.1) is 0 Å². The van der Waals surface area contributed by atoms with Crippen LogP contribution in [0.25, 0.3) is 6.08 Å². The molecule has 0 aliphatic rings. The monoisotopic (exact) mass is 444 g/mol. The van der Waals surface area contributed by atoms with Crippen LogP contribution in [0.4, 0.5) is 0 Å². The number of nitrogens with zero attached hydrogens (tertiary/aromatic N) is 1. The molecular weight excluding hydrogens is 420 g/mol. The van der Waals surface area contributed by atoms with Crippen molar-refractivity contribution in [3.05, 3.63) is 95.6 Å². The van der Waals surface area contributed by atoms with E-state index in [0.29, 0.717) is 29.2 Å². The van der Waals surface area contributed by atoms with Crippen LogP contribution in [0.2, 0.25) is 0 Å². The smallest absolute Gasteiger partial charge is 0.336 e. The largest absolute Gasteiger partial charge is 0.497 e. The molecule has 0 heterocycles. The first-order valence-electron chi connectivity index (χ1n) is 10.3. The summed E-state index contributed by atoms with van der Waals surface area (Å²) < 4.78 is 16.1. The molecule has 33 heavy (non-hydrogen) atoms. The van der Waals surface area contributed by atoms with Gasteiger partial charge in [-0.25, -0.2) is 10.2 Å². The third-order valence-electron chi connectivity index (χ3n) is 4.40. The molecular formula is C26H24N2O5. The average Bonchev–Trinajstić information content (AvgIpc) is 2.85. The highest BCUT2D eigenvalue weighted by Gasteiger charge is 2.10. The standard InChI is InChI=1S/C26H24N2O5/c1-3-32-24-16-20(18-27-28-26(30)21-10-7-11-22(17-21)31-2)12-14-23(24)33-25(29)15-13-19-8-5-4-6-9-19/h4-18H,3H2,1-2H3,(H,28,30)/b15-13+,27-18+. The van der Waals surface area contributed by atoms with E-state index in [1.54, 1.807) is 48.5 Å². The predicted octanol–water partition coefficient (Wildman–Crippen LogP) is 4.48. The zero-order valence-corrected chi connectivity index (χ0v) is 18.4. The van der Waals surface area contributed by atoms with Crippen LogP contribution in [0.1, 0.15) is 28.4 Å². The summed E-state index contributed by atoms with van der Waals surface area (Å²) in [6.07, 6.45) is 4.50. The molecule has 0 unspecified atom stereocenters. The molecule has 168 valence electrons. The average molecular weight is 444 g/mol. The van der Waals surface area contributed by atoms with E-state index < -0.39 is 5.97 Å². The van der Waals surface area contributed by atoms with E-state index in [9.17, 15) is 9.59 Å². The van der Waals surface area contributed by atoms with Crippen molar-refractivity contribution in [2.24, 2.45) is 5.10 Å². The first-order chi connectivity index (χ1) is 16.1. The SMILES string of the molecule is CCOc1cc(/C=N/NC(=O)c2cccc(OC)c2)ccc1OC(=O)/C=C/c1ccccc1. The molecule has 0 saturated carbocycles. The van der Waals surface area contributed by atoms with Gasteiger partial charge in [0.1, 0.15) is 5.75 Å². The lowest BCUT2D eigenvalue weighted by Gasteiger charge is -2.10. The maximum atomic E-state index is 12.2. The van der Waals surface area contributed by atoms with Crippen LogP contribution >= 0.6 is 0 Å². The molecule has 3 rings (SSSR count). The Balaban J connectivity index is 1.65. The molecule has 0 bridgehead atoms. The van der Waals surface area contributed by atoms with Crippen LogP contribution in [-0.4, -0.2) is 31.8 Å². The molecule has 1 amide bonds. The number of amides is 1. The van der Waals surface area contributed by atoms with Crippen molar-refractivity contribution < 1.29 is 23.8 Å². The van der Waals surface area contributed by atoms with Crippen molar-refractivity contribution in [3.63, 3.8) is 0 Å². The van der Waals surface area contributed by atoms with Crippen molar-refractivity contribution in [1.82, 2.24) is 5.43 Å². The van der Waals surface area contributed by atoms with Crippen molar-refractivity contribution >= 4 is 24.2 Å². The molecule has 0 aliphatic heterocycles. The molecule has 0 saturated heterocycles. The van der Waals surface area contributed by atoms with Crippen molar-refractivity contribution in [1.29, 1.82) is 0 Å². The summed E-state index contributed by atoms with van der Waals surface area (Å²) in [5.74, 6) is 0.369. The Kier molecular flexibility index (Phi) is 8.36. The number of ether oxygens (including phenoxy) is 3. The van der Waals surface area contributed by atoms with Gasteiger partial charge in [0.25, 0.3) is 5.91 Å². The van der Waals surface area contributed by atoms with Gasteiger partial charge in [0.05, 0.1) is 19.9 Å². The fourth-order valence-corrected chi connectivity index (χ4v) is 2.82. The van der Waals surface area contributed by atoms with Gasteiger partial charge in [-0.05, 0) is 60.5 Å². The van der Waals surface area contributed by atoms with E-state index in [4.69, 9.17) is 14.2 Å². The normalized spacial score (nSPS) is 10.8. The first-order valence-corrected chi connectivity index (χ1v) is 10.3. The van der Waals surface area contributed by atoms with Crippen LogP contribution in [0.15, 0.2) is 84.0 Å². The minimum absolute atomic E-state index is 0.289. The Morgan fingerprint density at radius 2 is 1.76 bits per heavy atom. The third kappa shape index (κ3) is 7.07. The van der Waals surface area contributed by atoms with Crippen LogP contribution in [0.5, 0.6) is 17.2 Å². The zero-order valence-electron chi connectivity index (χ0n) is 18.4. The second kappa shape index (κ2) is 11.9. The molecule has 0 atom stereocenters. The number of hydrogen-bond acceptors (Lipinski definition) is 6. The fraction of sp³-hybridized carbons (Fsp3) is 0.115. The van der Waals surface area contributed by atoms with Gasteiger partial charge in [-0.1, -0.05) is 36.4 Å². The van der Waals surface area contributed by atoms with Crippen LogP contribution in [0.3, 0.4) is 0 Å². The predicted molar refractivity (Wildman–Crippen MR) is 127 cm³/mol. The zero-order chi connectivity index (χ0) is 23.5. The Hall–Kier alpha value is -4.39. The lowest BCUT2D eigenvalue weighted by atomic mass is 10.2. The maximum Gasteiger partial charge on any atom is 0.336 e. The number of benzene rings is 3. The van der Waals surface area contributed by atoms with Gasteiger partial charge in [-0.15, -0.1) is 0 Å². The van der Waals surface area contributed by atoms with Crippen LogP contribution in [-0.2, 0) is 4.79 Å². The quantitative estimate of drug-likeness (QED) is 0.173. The lowest BCUT2D eigenvalue weighted by molar-refractivity contribution is -0.129. The highest BCUT2D eigenvalue weighted by Crippen LogP contribution is 2.28. The Morgan fingerprint density at radius 3 is 2.52 bits per heavy atom. The highest BCUT2D eigenvalue weighted by atomic mass is 16.6. The van der Waals surface area contributed by atoms with Gasteiger partial charge >= 0.3 is 5.97 Å². The summed E-state index contributed by atoms with van der Waals surface area (Å²) in [5.41, 5.74) is 4.44. The van der Waals surface area contributed by atoms with E-state index >= 15 is 0 Å². The van der Waals surface area contributed by atoms with E-state index in [2.05, 4.69) is 10.5 Å². The van der Waals surface area contributed by atoms with Crippen molar-refractivity contribution in [3.8, 4) is 17.2 Å². The fourth-order valence-electron chi connectivity index (χ4n) is 2.82. The topological polar surface area (TPSA) is 86.2 Å². The number of nitrogens with one attached hydrogen (secondary N) is 1. The van der Waals surface area contributed by atoms with Gasteiger partial charge in [0.15, 0.2) is 11.5 Å². The van der Waals surface area contributed by atoms with Gasteiger partial charge < -0.3 is 14.2 Å². The summed E-state index contributed by atoms with van der Waals surface area (Å²) in [4.78, 5) is 24.5. The summed E-state index contributed by atoms with van der Waals surface area (Å²) in [5, 5.41) is 3.99. The van der Waals surface area contributed by atoms with E-state index in [1.807, 2.05) is 37.3 Å².